The van der Waals surface area contributed by atoms with Crippen molar-refractivity contribution in [3.63, 3.8) is 0 Å². The minimum Gasteiger partial charge on any atom is -0.347 e. The van der Waals surface area contributed by atoms with Crippen molar-refractivity contribution in [3.05, 3.63) is 22.4 Å². The summed E-state index contributed by atoms with van der Waals surface area (Å²) in [5, 5.41) is 9.26. The van der Waals surface area contributed by atoms with Gasteiger partial charge in [-0.25, -0.2) is 0 Å². The summed E-state index contributed by atoms with van der Waals surface area (Å²) in [6, 6.07) is 2.20. The van der Waals surface area contributed by atoms with Crippen molar-refractivity contribution in [1.82, 2.24) is 5.32 Å². The third-order valence-corrected chi connectivity index (χ3v) is 3.54. The van der Waals surface area contributed by atoms with E-state index < -0.39 is 0 Å². The molecule has 1 aromatic rings. The lowest BCUT2D eigenvalue weighted by molar-refractivity contribution is -0.684. The lowest BCUT2D eigenvalue weighted by Crippen LogP contribution is -2.93. The van der Waals surface area contributed by atoms with Crippen molar-refractivity contribution < 1.29 is 10.1 Å². The molecule has 0 spiro atoms. The highest BCUT2D eigenvalue weighted by Gasteiger charge is 2.23. The van der Waals surface area contributed by atoms with Gasteiger partial charge in [-0.1, -0.05) is 0 Å². The maximum Gasteiger partial charge on any atom is 0.278 e. The molecule has 1 aromatic heterocycles. The van der Waals surface area contributed by atoms with Gasteiger partial charge < -0.3 is 10.6 Å². The molecule has 0 aromatic carbocycles. The number of quaternary nitrogens is 1. The number of thiophene rings is 1. The first-order chi connectivity index (χ1) is 7.36. The number of carbonyl (C=O) groups excluding carboxylic acids is 1. The fourth-order valence-electron chi connectivity index (χ4n) is 1.90. The van der Waals surface area contributed by atoms with Gasteiger partial charge in [0, 0.05) is 13.0 Å². The Morgan fingerprint density at radius 2 is 2.53 bits per heavy atom. The van der Waals surface area contributed by atoms with Crippen molar-refractivity contribution in [2.45, 2.75) is 31.8 Å². The predicted molar refractivity (Wildman–Crippen MR) is 60.6 cm³/mol. The molecule has 2 rings (SSSR count). The van der Waals surface area contributed by atoms with Gasteiger partial charge in [0.15, 0.2) is 6.04 Å². The second-order valence-corrected chi connectivity index (χ2v) is 4.76. The van der Waals surface area contributed by atoms with Crippen molar-refractivity contribution >= 4 is 17.2 Å². The first kappa shape index (κ1) is 10.6. The van der Waals surface area contributed by atoms with E-state index >= 15 is 0 Å². The second kappa shape index (κ2) is 5.28. The SMILES string of the molecule is O=C(NCc1ccsc1)[C@@H]1CCCC[NH2+]1. The van der Waals surface area contributed by atoms with Gasteiger partial charge >= 0.3 is 0 Å². The molecule has 1 aliphatic rings. The predicted octanol–water partition coefficient (Wildman–Crippen LogP) is 0.480. The van der Waals surface area contributed by atoms with Gasteiger partial charge in [-0.05, 0) is 35.2 Å². The number of nitrogens with two attached hydrogens (primary N) is 1. The minimum atomic E-state index is 0.150. The lowest BCUT2D eigenvalue weighted by atomic mass is 10.0. The first-order valence-corrected chi connectivity index (χ1v) is 6.42. The molecule has 0 bridgehead atoms. The molecule has 1 saturated heterocycles. The van der Waals surface area contributed by atoms with Crippen LogP contribution in [0.3, 0.4) is 0 Å². The molecular formula is C11H17N2OS+. The van der Waals surface area contributed by atoms with Crippen LogP contribution in [0.4, 0.5) is 0 Å². The largest absolute Gasteiger partial charge is 0.347 e. The van der Waals surface area contributed by atoms with E-state index in [1.165, 1.54) is 18.4 Å². The van der Waals surface area contributed by atoms with Crippen LogP contribution in [0, 0.1) is 0 Å². The number of hydrogen-bond donors (Lipinski definition) is 2. The van der Waals surface area contributed by atoms with E-state index in [1.807, 2.05) is 5.38 Å². The molecular weight excluding hydrogens is 208 g/mol. The molecule has 1 fully saturated rings. The van der Waals surface area contributed by atoms with Gasteiger partial charge in [0.2, 0.25) is 0 Å². The zero-order chi connectivity index (χ0) is 10.5. The van der Waals surface area contributed by atoms with Crippen molar-refractivity contribution in [2.75, 3.05) is 6.54 Å². The normalized spacial score (nSPS) is 21.2. The minimum absolute atomic E-state index is 0.150. The summed E-state index contributed by atoms with van der Waals surface area (Å²) in [7, 11) is 0. The van der Waals surface area contributed by atoms with E-state index in [4.69, 9.17) is 0 Å². The van der Waals surface area contributed by atoms with Gasteiger partial charge in [-0.3, -0.25) is 4.79 Å². The van der Waals surface area contributed by atoms with Crippen LogP contribution in [0.2, 0.25) is 0 Å². The molecule has 15 heavy (non-hydrogen) atoms. The lowest BCUT2D eigenvalue weighted by Gasteiger charge is -2.19. The van der Waals surface area contributed by atoms with E-state index in [-0.39, 0.29) is 11.9 Å². The molecule has 1 amide bonds. The van der Waals surface area contributed by atoms with E-state index in [1.54, 1.807) is 11.3 Å². The van der Waals surface area contributed by atoms with Crippen LogP contribution in [-0.2, 0) is 11.3 Å². The number of piperidine rings is 1. The molecule has 2 heterocycles. The summed E-state index contributed by atoms with van der Waals surface area (Å²) in [6.07, 6.45) is 3.46. The van der Waals surface area contributed by atoms with Crippen molar-refractivity contribution in [3.8, 4) is 0 Å². The van der Waals surface area contributed by atoms with Crippen LogP contribution in [0.25, 0.3) is 0 Å². The fraction of sp³-hybridized carbons (Fsp3) is 0.545. The van der Waals surface area contributed by atoms with E-state index in [2.05, 4.69) is 22.1 Å². The molecule has 0 unspecified atom stereocenters. The quantitative estimate of drug-likeness (QED) is 0.772. The molecule has 1 atom stereocenters. The topological polar surface area (TPSA) is 45.7 Å². The average molecular weight is 225 g/mol. The number of carbonyl (C=O) groups is 1. The Bertz CT molecular complexity index is 304. The van der Waals surface area contributed by atoms with E-state index in [9.17, 15) is 4.79 Å². The summed E-state index contributed by atoms with van der Waals surface area (Å²) in [6.45, 7) is 1.77. The first-order valence-electron chi connectivity index (χ1n) is 5.48. The Kier molecular flexibility index (Phi) is 3.75. The van der Waals surface area contributed by atoms with Gasteiger partial charge in [0.1, 0.15) is 0 Å². The average Bonchev–Trinajstić information content (AvgIpc) is 2.80. The highest BCUT2D eigenvalue weighted by Crippen LogP contribution is 2.06. The molecule has 0 saturated carbocycles. The van der Waals surface area contributed by atoms with Crippen LogP contribution in [0.1, 0.15) is 24.8 Å². The van der Waals surface area contributed by atoms with Gasteiger partial charge in [0.05, 0.1) is 6.54 Å². The highest BCUT2D eigenvalue weighted by atomic mass is 32.1. The standard InChI is InChI=1S/C11H16N2OS/c14-11(10-3-1-2-5-12-10)13-7-9-4-6-15-8-9/h4,6,8,10,12H,1-3,5,7H2,(H,13,14)/p+1/t10-/m0/s1. The molecule has 3 N–H and O–H groups in total. The number of hydrogen-bond acceptors (Lipinski definition) is 2. The maximum absolute atomic E-state index is 11.8. The van der Waals surface area contributed by atoms with Crippen molar-refractivity contribution in [1.29, 1.82) is 0 Å². The number of nitrogens with one attached hydrogen (secondary N) is 1. The molecule has 4 heteroatoms. The Morgan fingerprint density at radius 3 is 3.20 bits per heavy atom. The summed E-state index contributed by atoms with van der Waals surface area (Å²) < 4.78 is 0. The summed E-state index contributed by atoms with van der Waals surface area (Å²) >= 11 is 1.67. The van der Waals surface area contributed by atoms with Crippen LogP contribution in [-0.4, -0.2) is 18.5 Å². The second-order valence-electron chi connectivity index (χ2n) is 3.98. The maximum atomic E-state index is 11.8. The summed E-state index contributed by atoms with van der Waals surface area (Å²) in [5.74, 6) is 0.195. The van der Waals surface area contributed by atoms with Gasteiger partial charge in [0.25, 0.3) is 5.91 Å². The summed E-state index contributed by atoms with van der Waals surface area (Å²) in [5.41, 5.74) is 1.20. The van der Waals surface area contributed by atoms with E-state index in [0.717, 1.165) is 13.0 Å². The fourth-order valence-corrected chi connectivity index (χ4v) is 2.57. The monoisotopic (exact) mass is 225 g/mol. The Morgan fingerprint density at radius 1 is 1.60 bits per heavy atom. The number of amides is 1. The molecule has 82 valence electrons. The van der Waals surface area contributed by atoms with Crippen LogP contribution >= 0.6 is 11.3 Å². The van der Waals surface area contributed by atoms with Crippen LogP contribution in [0.5, 0.6) is 0 Å². The number of rotatable bonds is 3. The molecule has 1 aliphatic heterocycles. The smallest absolute Gasteiger partial charge is 0.278 e. The third-order valence-electron chi connectivity index (χ3n) is 2.80. The van der Waals surface area contributed by atoms with Gasteiger partial charge in [-0.15, -0.1) is 0 Å². The third kappa shape index (κ3) is 3.04. The summed E-state index contributed by atoms with van der Waals surface area (Å²) in [4.78, 5) is 11.8. The van der Waals surface area contributed by atoms with E-state index in [0.29, 0.717) is 6.54 Å². The van der Waals surface area contributed by atoms with Gasteiger partial charge in [-0.2, -0.15) is 11.3 Å². The molecule has 0 radical (unpaired) electrons. The Labute approximate surface area is 93.9 Å². The Balaban J connectivity index is 1.76. The molecule has 0 aliphatic carbocycles. The zero-order valence-electron chi connectivity index (χ0n) is 8.74. The van der Waals surface area contributed by atoms with Crippen LogP contribution in [0.15, 0.2) is 16.8 Å². The van der Waals surface area contributed by atoms with Crippen LogP contribution < -0.4 is 10.6 Å². The molecule has 3 nitrogen and oxygen atoms in total. The highest BCUT2D eigenvalue weighted by molar-refractivity contribution is 7.07. The van der Waals surface area contributed by atoms with Crippen molar-refractivity contribution in [2.24, 2.45) is 0 Å². The zero-order valence-corrected chi connectivity index (χ0v) is 9.56. The Hall–Kier alpha value is -0.870.